The molecule has 26 heavy (non-hydrogen) atoms. The van der Waals surface area contributed by atoms with E-state index in [1.807, 2.05) is 54.6 Å². The highest BCUT2D eigenvalue weighted by Gasteiger charge is 2.37. The van der Waals surface area contributed by atoms with Crippen LogP contribution in [0.5, 0.6) is 0 Å². The van der Waals surface area contributed by atoms with Gasteiger partial charge in [0.05, 0.1) is 6.20 Å². The summed E-state index contributed by atoms with van der Waals surface area (Å²) in [6.07, 6.45) is 3.79. The van der Waals surface area contributed by atoms with Crippen molar-refractivity contribution in [1.29, 1.82) is 0 Å². The number of hydrogen-bond acceptors (Lipinski definition) is 4. The van der Waals surface area contributed by atoms with Crippen LogP contribution in [-0.4, -0.2) is 16.1 Å². The van der Waals surface area contributed by atoms with Gasteiger partial charge in [0, 0.05) is 23.5 Å². The molecule has 3 aromatic rings. The summed E-state index contributed by atoms with van der Waals surface area (Å²) in [6, 6.07) is 17.2. The van der Waals surface area contributed by atoms with E-state index in [9.17, 15) is 4.79 Å². The summed E-state index contributed by atoms with van der Waals surface area (Å²) in [5, 5.41) is 2.84. The Labute approximate surface area is 151 Å². The summed E-state index contributed by atoms with van der Waals surface area (Å²) in [5.74, 6) is 6.30. The van der Waals surface area contributed by atoms with Crippen molar-refractivity contribution in [3.8, 4) is 11.8 Å². The fourth-order valence-electron chi connectivity index (χ4n) is 2.84. The lowest BCUT2D eigenvalue weighted by atomic mass is 9.98. The third-order valence-corrected chi connectivity index (χ3v) is 4.06. The third kappa shape index (κ3) is 3.40. The molecule has 1 fully saturated rings. The number of rotatable bonds is 2. The summed E-state index contributed by atoms with van der Waals surface area (Å²) < 4.78 is 5.39. The second kappa shape index (κ2) is 7.08. The summed E-state index contributed by atoms with van der Waals surface area (Å²) in [4.78, 5) is 20.1. The van der Waals surface area contributed by atoms with Gasteiger partial charge in [0.2, 0.25) is 0 Å². The monoisotopic (exact) mass is 341 g/mol. The first-order valence-electron chi connectivity index (χ1n) is 8.20. The number of aromatic nitrogens is 2. The Morgan fingerprint density at radius 3 is 2.58 bits per heavy atom. The molecule has 0 bridgehead atoms. The van der Waals surface area contributed by atoms with Gasteiger partial charge in [0.1, 0.15) is 11.7 Å². The summed E-state index contributed by atoms with van der Waals surface area (Å²) in [7, 11) is 0. The number of alkyl carbamates (subject to hydrolysis) is 1. The van der Waals surface area contributed by atoms with Crippen LogP contribution in [0.3, 0.4) is 0 Å². The van der Waals surface area contributed by atoms with Crippen LogP contribution in [0.25, 0.3) is 0 Å². The summed E-state index contributed by atoms with van der Waals surface area (Å²) in [6.45, 7) is 0. The molecule has 2 heterocycles. The van der Waals surface area contributed by atoms with Gasteiger partial charge in [-0.3, -0.25) is 9.97 Å². The smallest absolute Gasteiger partial charge is 0.408 e. The van der Waals surface area contributed by atoms with Crippen molar-refractivity contribution in [2.45, 2.75) is 12.1 Å². The molecule has 4 rings (SSSR count). The zero-order valence-corrected chi connectivity index (χ0v) is 13.8. The lowest BCUT2D eigenvalue weighted by Gasteiger charge is -2.16. The SMILES string of the molecule is O=C1N[C@H](c2cccc(C#Cc3ccccc3)c2)[C@H](c2cnccn2)O1. The average Bonchev–Trinajstić information content (AvgIpc) is 3.10. The fourth-order valence-corrected chi connectivity index (χ4v) is 2.84. The molecule has 0 aliphatic carbocycles. The topological polar surface area (TPSA) is 64.1 Å². The standard InChI is InChI=1S/C21H15N3O2/c25-21-24-19(20(26-21)18-14-22-11-12-23-18)17-8-4-7-16(13-17)10-9-15-5-2-1-3-6-15/h1-8,11-14,19-20H,(H,24,25)/t19-,20+/m1/s1. The van der Waals surface area contributed by atoms with E-state index in [0.717, 1.165) is 16.7 Å². The number of carbonyl (C=O) groups is 1. The van der Waals surface area contributed by atoms with E-state index in [1.54, 1.807) is 18.6 Å². The minimum atomic E-state index is -0.520. The van der Waals surface area contributed by atoms with E-state index in [4.69, 9.17) is 4.74 Å². The van der Waals surface area contributed by atoms with Crippen LogP contribution in [0.2, 0.25) is 0 Å². The Balaban J connectivity index is 1.63. The van der Waals surface area contributed by atoms with Crippen LogP contribution in [0.15, 0.2) is 73.2 Å². The van der Waals surface area contributed by atoms with Gasteiger partial charge in [-0.25, -0.2) is 4.79 Å². The van der Waals surface area contributed by atoms with Crippen LogP contribution < -0.4 is 5.32 Å². The van der Waals surface area contributed by atoms with Crippen LogP contribution in [0, 0.1) is 11.8 Å². The molecule has 1 saturated heterocycles. The molecule has 0 radical (unpaired) electrons. The van der Waals surface area contributed by atoms with Gasteiger partial charge < -0.3 is 10.1 Å². The van der Waals surface area contributed by atoms with E-state index in [1.165, 1.54) is 0 Å². The number of carbonyl (C=O) groups excluding carboxylic acids is 1. The molecule has 2 aromatic carbocycles. The number of benzene rings is 2. The molecule has 2 atom stereocenters. The van der Waals surface area contributed by atoms with E-state index in [2.05, 4.69) is 27.1 Å². The van der Waals surface area contributed by atoms with E-state index in [-0.39, 0.29) is 6.04 Å². The largest absolute Gasteiger partial charge is 0.437 e. The Bertz CT molecular complexity index is 978. The summed E-state index contributed by atoms with van der Waals surface area (Å²) >= 11 is 0. The maximum Gasteiger partial charge on any atom is 0.408 e. The normalized spacial score (nSPS) is 18.4. The first-order valence-corrected chi connectivity index (χ1v) is 8.20. The minimum absolute atomic E-state index is 0.335. The average molecular weight is 341 g/mol. The molecule has 1 aromatic heterocycles. The molecule has 1 aliphatic heterocycles. The van der Waals surface area contributed by atoms with Crippen LogP contribution in [0.4, 0.5) is 4.79 Å². The van der Waals surface area contributed by atoms with Gasteiger partial charge >= 0.3 is 6.09 Å². The molecule has 1 amide bonds. The second-order valence-corrected chi connectivity index (χ2v) is 5.82. The number of cyclic esters (lactones) is 1. The van der Waals surface area contributed by atoms with Crippen LogP contribution in [0.1, 0.15) is 34.5 Å². The van der Waals surface area contributed by atoms with E-state index < -0.39 is 12.2 Å². The predicted molar refractivity (Wildman–Crippen MR) is 96.0 cm³/mol. The van der Waals surface area contributed by atoms with Crippen molar-refractivity contribution in [2.75, 3.05) is 0 Å². The number of nitrogens with zero attached hydrogens (tertiary/aromatic N) is 2. The van der Waals surface area contributed by atoms with Crippen LogP contribution in [-0.2, 0) is 4.74 Å². The molecule has 0 saturated carbocycles. The van der Waals surface area contributed by atoms with Crippen molar-refractivity contribution in [3.63, 3.8) is 0 Å². The third-order valence-electron chi connectivity index (χ3n) is 4.06. The molecule has 126 valence electrons. The molecule has 0 unspecified atom stereocenters. The van der Waals surface area contributed by atoms with Crippen molar-refractivity contribution in [2.24, 2.45) is 0 Å². The molecule has 5 nitrogen and oxygen atoms in total. The Hall–Kier alpha value is -3.65. The number of amides is 1. The Morgan fingerprint density at radius 1 is 0.962 bits per heavy atom. The van der Waals surface area contributed by atoms with E-state index >= 15 is 0 Å². The van der Waals surface area contributed by atoms with E-state index in [0.29, 0.717) is 5.69 Å². The van der Waals surface area contributed by atoms with Crippen molar-refractivity contribution in [1.82, 2.24) is 15.3 Å². The first-order chi connectivity index (χ1) is 12.8. The maximum absolute atomic E-state index is 11.8. The number of hydrogen-bond donors (Lipinski definition) is 1. The minimum Gasteiger partial charge on any atom is -0.437 e. The van der Waals surface area contributed by atoms with Gasteiger partial charge in [-0.2, -0.15) is 0 Å². The van der Waals surface area contributed by atoms with Gasteiger partial charge in [0.25, 0.3) is 0 Å². The first kappa shape index (κ1) is 15.9. The molecular formula is C21H15N3O2. The second-order valence-electron chi connectivity index (χ2n) is 5.82. The molecule has 0 spiro atoms. The Morgan fingerprint density at radius 2 is 1.77 bits per heavy atom. The molecule has 1 aliphatic rings. The van der Waals surface area contributed by atoms with Gasteiger partial charge in [-0.05, 0) is 29.8 Å². The quantitative estimate of drug-likeness (QED) is 0.726. The molecular weight excluding hydrogens is 326 g/mol. The van der Waals surface area contributed by atoms with Crippen molar-refractivity contribution in [3.05, 3.63) is 95.6 Å². The lowest BCUT2D eigenvalue weighted by Crippen LogP contribution is -2.20. The van der Waals surface area contributed by atoms with Gasteiger partial charge in [-0.15, -0.1) is 0 Å². The number of nitrogens with one attached hydrogen (secondary N) is 1. The van der Waals surface area contributed by atoms with Crippen molar-refractivity contribution >= 4 is 6.09 Å². The van der Waals surface area contributed by atoms with Crippen molar-refractivity contribution < 1.29 is 9.53 Å². The number of ether oxygens (including phenoxy) is 1. The highest BCUT2D eigenvalue weighted by Crippen LogP contribution is 2.35. The fraction of sp³-hybridized carbons (Fsp3) is 0.0952. The predicted octanol–water partition coefficient (Wildman–Crippen LogP) is 3.40. The highest BCUT2D eigenvalue weighted by atomic mass is 16.6. The van der Waals surface area contributed by atoms with Gasteiger partial charge in [0.15, 0.2) is 6.10 Å². The maximum atomic E-state index is 11.8. The zero-order valence-electron chi connectivity index (χ0n) is 13.8. The zero-order chi connectivity index (χ0) is 17.8. The highest BCUT2D eigenvalue weighted by molar-refractivity contribution is 5.71. The van der Waals surface area contributed by atoms with Crippen LogP contribution >= 0.6 is 0 Å². The summed E-state index contributed by atoms with van der Waals surface area (Å²) in [5.41, 5.74) is 3.33. The molecule has 1 N–H and O–H groups in total. The lowest BCUT2D eigenvalue weighted by molar-refractivity contribution is 0.129. The Kier molecular flexibility index (Phi) is 4.31. The van der Waals surface area contributed by atoms with Gasteiger partial charge in [-0.1, -0.05) is 42.2 Å². The molecule has 5 heteroatoms.